The third-order valence-corrected chi connectivity index (χ3v) is 3.67. The van der Waals surface area contributed by atoms with Crippen molar-refractivity contribution in [3.8, 4) is 11.4 Å². The maximum Gasteiger partial charge on any atom is 0.437 e. The number of carbonyl (C=O) groups is 1. The summed E-state index contributed by atoms with van der Waals surface area (Å²) in [5.74, 6) is -0.856. The zero-order chi connectivity index (χ0) is 21.2. The van der Waals surface area contributed by atoms with Crippen molar-refractivity contribution in [3.05, 3.63) is 72.1 Å². The largest absolute Gasteiger partial charge is 0.437 e. The van der Waals surface area contributed by atoms with E-state index in [1.54, 1.807) is 6.07 Å². The van der Waals surface area contributed by atoms with Crippen LogP contribution in [0.1, 0.15) is 11.3 Å². The van der Waals surface area contributed by atoms with Gasteiger partial charge in [0.1, 0.15) is 0 Å². The van der Waals surface area contributed by atoms with Crippen molar-refractivity contribution in [1.82, 2.24) is 9.78 Å². The van der Waals surface area contributed by atoms with Gasteiger partial charge in [-0.3, -0.25) is 5.32 Å². The molecule has 0 saturated heterocycles. The number of carbonyl (C=O) groups excluding carboxylic acids is 1. The molecule has 5 nitrogen and oxygen atoms in total. The molecule has 1 aromatic heterocycles. The van der Waals surface area contributed by atoms with E-state index in [0.717, 1.165) is 18.3 Å². The van der Waals surface area contributed by atoms with Crippen LogP contribution in [0.5, 0.6) is 5.75 Å². The first-order valence-corrected chi connectivity index (χ1v) is 7.92. The summed E-state index contributed by atoms with van der Waals surface area (Å²) in [6.07, 6.45) is -10.0. The summed E-state index contributed by atoms with van der Waals surface area (Å²) in [6.45, 7) is 0. The van der Waals surface area contributed by atoms with Gasteiger partial charge in [0, 0.05) is 5.69 Å². The average Bonchev–Trinajstić information content (AvgIpc) is 3.06. The molecule has 0 spiro atoms. The first-order chi connectivity index (χ1) is 13.6. The monoisotopic (exact) mass is 415 g/mol. The fraction of sp³-hybridized carbons (Fsp3) is 0.111. The van der Waals surface area contributed by atoms with E-state index in [4.69, 9.17) is 4.74 Å². The SMILES string of the molecule is O=C(Nc1ccc(C(F)(F)F)cc1)Oc1cnn(-c2ccccc2)c1C(F)(F)F. The minimum atomic E-state index is -4.89. The van der Waals surface area contributed by atoms with Crippen LogP contribution in [-0.4, -0.2) is 15.9 Å². The van der Waals surface area contributed by atoms with Crippen LogP contribution in [-0.2, 0) is 12.4 Å². The molecule has 2 aromatic carbocycles. The average molecular weight is 415 g/mol. The number of nitrogens with zero attached hydrogens (tertiary/aromatic N) is 2. The molecule has 0 radical (unpaired) electrons. The molecular formula is C18H11F6N3O2. The van der Waals surface area contributed by atoms with Gasteiger partial charge < -0.3 is 4.74 Å². The molecule has 0 fully saturated rings. The Balaban J connectivity index is 1.81. The molecule has 1 N–H and O–H groups in total. The number of para-hydroxylation sites is 1. The van der Waals surface area contributed by atoms with E-state index in [1.165, 1.54) is 24.3 Å². The normalized spacial score (nSPS) is 11.9. The van der Waals surface area contributed by atoms with E-state index < -0.39 is 35.5 Å². The van der Waals surface area contributed by atoms with Crippen LogP contribution in [0.2, 0.25) is 0 Å². The lowest BCUT2D eigenvalue weighted by molar-refractivity contribution is -0.143. The molecule has 0 saturated carbocycles. The molecule has 0 unspecified atom stereocenters. The summed E-state index contributed by atoms with van der Waals surface area (Å²) in [5.41, 5.74) is -2.25. The molecule has 0 aliphatic rings. The minimum absolute atomic E-state index is 0.0907. The van der Waals surface area contributed by atoms with Gasteiger partial charge in [0.25, 0.3) is 0 Å². The quantitative estimate of drug-likeness (QED) is 0.573. The number of aromatic nitrogens is 2. The van der Waals surface area contributed by atoms with Gasteiger partial charge in [-0.05, 0) is 36.4 Å². The number of benzene rings is 2. The number of alkyl halides is 6. The molecular weight excluding hydrogens is 404 g/mol. The molecule has 11 heteroatoms. The van der Waals surface area contributed by atoms with E-state index in [0.29, 0.717) is 16.8 Å². The second-order valence-electron chi connectivity index (χ2n) is 5.69. The molecule has 0 aliphatic carbocycles. The molecule has 1 heterocycles. The van der Waals surface area contributed by atoms with Crippen LogP contribution in [0.4, 0.5) is 36.8 Å². The maximum atomic E-state index is 13.5. The highest BCUT2D eigenvalue weighted by Crippen LogP contribution is 2.37. The van der Waals surface area contributed by atoms with Crippen LogP contribution in [0, 0.1) is 0 Å². The third-order valence-electron chi connectivity index (χ3n) is 3.67. The fourth-order valence-electron chi connectivity index (χ4n) is 2.42. The van der Waals surface area contributed by atoms with Crippen LogP contribution >= 0.6 is 0 Å². The highest BCUT2D eigenvalue weighted by Gasteiger charge is 2.40. The molecule has 3 rings (SSSR count). The van der Waals surface area contributed by atoms with E-state index in [-0.39, 0.29) is 11.4 Å². The topological polar surface area (TPSA) is 56.1 Å². The van der Waals surface area contributed by atoms with E-state index in [9.17, 15) is 31.1 Å². The van der Waals surface area contributed by atoms with Gasteiger partial charge in [-0.25, -0.2) is 9.48 Å². The van der Waals surface area contributed by atoms with Crippen molar-refractivity contribution in [2.75, 3.05) is 5.32 Å². The van der Waals surface area contributed by atoms with E-state index in [2.05, 4.69) is 10.4 Å². The van der Waals surface area contributed by atoms with Crippen molar-refractivity contribution in [2.45, 2.75) is 12.4 Å². The predicted molar refractivity (Wildman–Crippen MR) is 89.7 cm³/mol. The molecule has 152 valence electrons. The van der Waals surface area contributed by atoms with Gasteiger partial charge in [0.2, 0.25) is 0 Å². The number of amides is 1. The molecule has 0 aliphatic heterocycles. The first kappa shape index (κ1) is 20.2. The van der Waals surface area contributed by atoms with Crippen LogP contribution in [0.15, 0.2) is 60.8 Å². The summed E-state index contributed by atoms with van der Waals surface area (Å²) in [5, 5.41) is 5.68. The summed E-state index contributed by atoms with van der Waals surface area (Å²) in [7, 11) is 0. The van der Waals surface area contributed by atoms with Gasteiger partial charge in [-0.2, -0.15) is 31.4 Å². The number of rotatable bonds is 3. The number of hydrogen-bond acceptors (Lipinski definition) is 3. The number of ether oxygens (including phenoxy) is 1. The van der Waals surface area contributed by atoms with E-state index in [1.807, 2.05) is 0 Å². The lowest BCUT2D eigenvalue weighted by atomic mass is 10.2. The van der Waals surface area contributed by atoms with Crippen molar-refractivity contribution in [2.24, 2.45) is 0 Å². The third kappa shape index (κ3) is 4.68. The Labute approximate surface area is 159 Å². The molecule has 3 aromatic rings. The Morgan fingerprint density at radius 3 is 2.07 bits per heavy atom. The maximum absolute atomic E-state index is 13.5. The fourth-order valence-corrected chi connectivity index (χ4v) is 2.42. The number of nitrogens with one attached hydrogen (secondary N) is 1. The van der Waals surface area contributed by atoms with Gasteiger partial charge in [-0.1, -0.05) is 18.2 Å². The summed E-state index contributed by atoms with van der Waals surface area (Å²) >= 11 is 0. The Bertz CT molecular complexity index is 995. The minimum Gasteiger partial charge on any atom is -0.406 e. The Morgan fingerprint density at radius 2 is 1.52 bits per heavy atom. The van der Waals surface area contributed by atoms with Crippen LogP contribution < -0.4 is 10.1 Å². The molecule has 0 bridgehead atoms. The van der Waals surface area contributed by atoms with Crippen molar-refractivity contribution in [3.63, 3.8) is 0 Å². The smallest absolute Gasteiger partial charge is 0.406 e. The highest BCUT2D eigenvalue weighted by atomic mass is 19.4. The summed E-state index contributed by atoms with van der Waals surface area (Å²) in [4.78, 5) is 11.9. The summed E-state index contributed by atoms with van der Waals surface area (Å²) < 4.78 is 83.3. The highest BCUT2D eigenvalue weighted by molar-refractivity contribution is 5.86. The van der Waals surface area contributed by atoms with Crippen molar-refractivity contribution >= 4 is 11.8 Å². The van der Waals surface area contributed by atoms with Gasteiger partial charge in [-0.15, -0.1) is 0 Å². The molecule has 29 heavy (non-hydrogen) atoms. The predicted octanol–water partition coefficient (Wildman–Crippen LogP) is 5.52. The lowest BCUT2D eigenvalue weighted by Crippen LogP contribution is -2.20. The number of hydrogen-bond donors (Lipinski definition) is 1. The Morgan fingerprint density at radius 1 is 0.897 bits per heavy atom. The second-order valence-corrected chi connectivity index (χ2v) is 5.69. The standard InChI is InChI=1S/C18H11F6N3O2/c19-17(20,21)11-6-8-12(9-7-11)26-16(28)29-14-10-25-27(15(14)18(22,23)24)13-4-2-1-3-5-13/h1-10H,(H,26,28). The lowest BCUT2D eigenvalue weighted by Gasteiger charge is -2.13. The van der Waals surface area contributed by atoms with Crippen molar-refractivity contribution in [1.29, 1.82) is 0 Å². The Kier molecular flexibility index (Phi) is 5.23. The second kappa shape index (κ2) is 7.49. The van der Waals surface area contributed by atoms with Crippen LogP contribution in [0.3, 0.4) is 0 Å². The van der Waals surface area contributed by atoms with E-state index >= 15 is 0 Å². The summed E-state index contributed by atoms with van der Waals surface area (Å²) in [6, 6.07) is 10.7. The number of halogens is 6. The molecule has 0 atom stereocenters. The van der Waals surface area contributed by atoms with Crippen LogP contribution in [0.25, 0.3) is 5.69 Å². The zero-order valence-corrected chi connectivity index (χ0v) is 14.3. The molecule has 1 amide bonds. The first-order valence-electron chi connectivity index (χ1n) is 7.92. The van der Waals surface area contributed by atoms with Gasteiger partial charge in [0.05, 0.1) is 17.4 Å². The zero-order valence-electron chi connectivity index (χ0n) is 14.3. The number of anilines is 1. The van der Waals surface area contributed by atoms with Gasteiger partial charge in [0.15, 0.2) is 11.4 Å². The van der Waals surface area contributed by atoms with Gasteiger partial charge >= 0.3 is 18.4 Å². The van der Waals surface area contributed by atoms with Crippen molar-refractivity contribution < 1.29 is 35.9 Å². The Hall–Kier alpha value is -3.50.